The lowest BCUT2D eigenvalue weighted by molar-refractivity contribution is 0.468. The third kappa shape index (κ3) is 3.88. The van der Waals surface area contributed by atoms with Crippen molar-refractivity contribution in [3.8, 4) is 11.3 Å². The molecule has 118 valence electrons. The van der Waals surface area contributed by atoms with Gasteiger partial charge in [0.2, 0.25) is 0 Å². The lowest BCUT2D eigenvalue weighted by Gasteiger charge is -2.13. The zero-order valence-electron chi connectivity index (χ0n) is 13.3. The van der Waals surface area contributed by atoms with Gasteiger partial charge in [0.15, 0.2) is 0 Å². The number of rotatable bonds is 5. The van der Waals surface area contributed by atoms with Gasteiger partial charge in [-0.2, -0.15) is 0 Å². The fourth-order valence-electron chi connectivity index (χ4n) is 2.47. The smallest absolute Gasteiger partial charge is 0.134 e. The van der Waals surface area contributed by atoms with E-state index >= 15 is 0 Å². The molecule has 0 fully saturated rings. The fraction of sp³-hybridized carbons (Fsp3) is 0.200. The minimum Gasteiger partial charge on any atom is -0.460 e. The third-order valence-corrected chi connectivity index (χ3v) is 3.95. The summed E-state index contributed by atoms with van der Waals surface area (Å²) < 4.78 is 18.8. The minimum atomic E-state index is -0.242. The summed E-state index contributed by atoms with van der Waals surface area (Å²) in [6, 6.07) is 19.0. The van der Waals surface area contributed by atoms with Gasteiger partial charge in [-0.15, -0.1) is 0 Å². The van der Waals surface area contributed by atoms with Crippen LogP contribution in [0, 0.1) is 12.7 Å². The molecule has 23 heavy (non-hydrogen) atoms. The first-order valence-corrected chi connectivity index (χ1v) is 7.76. The van der Waals surface area contributed by atoms with E-state index in [1.54, 1.807) is 12.1 Å². The van der Waals surface area contributed by atoms with Gasteiger partial charge >= 0.3 is 0 Å². The zero-order valence-corrected chi connectivity index (χ0v) is 13.3. The number of halogens is 1. The molecule has 3 heteroatoms. The molecule has 1 heterocycles. The minimum absolute atomic E-state index is 0.242. The Bertz CT molecular complexity index is 759. The second-order valence-corrected chi connectivity index (χ2v) is 5.79. The summed E-state index contributed by atoms with van der Waals surface area (Å²) in [5, 5.41) is 3.45. The van der Waals surface area contributed by atoms with E-state index in [9.17, 15) is 4.39 Å². The number of aryl methyl sites for hydroxylation is 1. The van der Waals surface area contributed by atoms with Crippen molar-refractivity contribution in [1.82, 2.24) is 5.32 Å². The predicted octanol–water partition coefficient (Wildman–Crippen LogP) is 5.24. The molecule has 0 bridgehead atoms. The Morgan fingerprint density at radius 1 is 0.957 bits per heavy atom. The van der Waals surface area contributed by atoms with Gasteiger partial charge in [0.25, 0.3) is 0 Å². The molecule has 0 aliphatic heterocycles. The Labute approximate surface area is 136 Å². The van der Waals surface area contributed by atoms with Gasteiger partial charge in [0.05, 0.1) is 6.54 Å². The van der Waals surface area contributed by atoms with Gasteiger partial charge < -0.3 is 9.73 Å². The third-order valence-electron chi connectivity index (χ3n) is 3.95. The van der Waals surface area contributed by atoms with Gasteiger partial charge in [-0.3, -0.25) is 0 Å². The van der Waals surface area contributed by atoms with E-state index in [1.807, 2.05) is 12.1 Å². The number of hydrogen-bond donors (Lipinski definition) is 1. The fourth-order valence-corrected chi connectivity index (χ4v) is 2.47. The summed E-state index contributed by atoms with van der Waals surface area (Å²) in [6.45, 7) is 4.87. The molecule has 3 aromatic rings. The van der Waals surface area contributed by atoms with Crippen LogP contribution in [0.15, 0.2) is 65.1 Å². The van der Waals surface area contributed by atoms with E-state index in [-0.39, 0.29) is 11.9 Å². The molecule has 1 aromatic heterocycles. The molecule has 1 atom stereocenters. The van der Waals surface area contributed by atoms with Crippen LogP contribution in [-0.2, 0) is 6.54 Å². The van der Waals surface area contributed by atoms with E-state index in [0.29, 0.717) is 6.54 Å². The molecule has 0 amide bonds. The summed E-state index contributed by atoms with van der Waals surface area (Å²) >= 11 is 0. The van der Waals surface area contributed by atoms with Crippen LogP contribution in [0.4, 0.5) is 4.39 Å². The average molecular weight is 309 g/mol. The van der Waals surface area contributed by atoms with E-state index < -0.39 is 0 Å². The molecule has 2 nitrogen and oxygen atoms in total. The van der Waals surface area contributed by atoms with Gasteiger partial charge in [0, 0.05) is 11.6 Å². The highest BCUT2D eigenvalue weighted by Gasteiger charge is 2.08. The average Bonchev–Trinajstić information content (AvgIpc) is 3.03. The van der Waals surface area contributed by atoms with Crippen molar-refractivity contribution in [2.45, 2.75) is 26.4 Å². The van der Waals surface area contributed by atoms with Crippen LogP contribution >= 0.6 is 0 Å². The topological polar surface area (TPSA) is 25.2 Å². The van der Waals surface area contributed by atoms with Crippen LogP contribution in [0.2, 0.25) is 0 Å². The normalized spacial score (nSPS) is 12.3. The second kappa shape index (κ2) is 6.80. The number of benzene rings is 2. The number of hydrogen-bond acceptors (Lipinski definition) is 2. The maximum absolute atomic E-state index is 13.0. The molecular formula is C20H20FNO. The highest BCUT2D eigenvalue weighted by Crippen LogP contribution is 2.23. The molecule has 0 aliphatic rings. The van der Waals surface area contributed by atoms with Crippen LogP contribution in [-0.4, -0.2) is 0 Å². The SMILES string of the molecule is Cc1ccc(C(C)NCc2ccc(-c3ccc(F)cc3)o2)cc1. The molecule has 1 unspecified atom stereocenters. The van der Waals surface area contributed by atoms with Crippen LogP contribution in [0.5, 0.6) is 0 Å². The van der Waals surface area contributed by atoms with Crippen LogP contribution in [0.25, 0.3) is 11.3 Å². The molecule has 2 aromatic carbocycles. The van der Waals surface area contributed by atoms with Gasteiger partial charge in [-0.05, 0) is 55.8 Å². The maximum atomic E-state index is 13.0. The Balaban J connectivity index is 1.63. The van der Waals surface area contributed by atoms with Crippen LogP contribution in [0.3, 0.4) is 0 Å². The van der Waals surface area contributed by atoms with Crippen molar-refractivity contribution in [2.75, 3.05) is 0 Å². The quantitative estimate of drug-likeness (QED) is 0.697. The van der Waals surface area contributed by atoms with E-state index in [4.69, 9.17) is 4.42 Å². The Hall–Kier alpha value is -2.39. The van der Waals surface area contributed by atoms with Crippen molar-refractivity contribution in [3.63, 3.8) is 0 Å². The van der Waals surface area contributed by atoms with Crippen molar-refractivity contribution >= 4 is 0 Å². The van der Waals surface area contributed by atoms with Gasteiger partial charge in [-0.1, -0.05) is 29.8 Å². The first-order chi connectivity index (χ1) is 11.1. The summed E-state index contributed by atoms with van der Waals surface area (Å²) in [6.07, 6.45) is 0. The first kappa shape index (κ1) is 15.5. The van der Waals surface area contributed by atoms with Crippen molar-refractivity contribution in [2.24, 2.45) is 0 Å². The molecule has 0 aliphatic carbocycles. The van der Waals surface area contributed by atoms with E-state index in [1.165, 1.54) is 23.3 Å². The van der Waals surface area contributed by atoms with Crippen molar-refractivity contribution in [3.05, 3.63) is 83.4 Å². The summed E-state index contributed by atoms with van der Waals surface area (Å²) in [4.78, 5) is 0. The Morgan fingerprint density at radius 3 is 2.35 bits per heavy atom. The molecule has 3 rings (SSSR count). The largest absolute Gasteiger partial charge is 0.460 e. The molecule has 0 spiro atoms. The summed E-state index contributed by atoms with van der Waals surface area (Å²) in [5.41, 5.74) is 3.39. The van der Waals surface area contributed by atoms with Gasteiger partial charge in [-0.25, -0.2) is 4.39 Å². The second-order valence-electron chi connectivity index (χ2n) is 5.79. The molecule has 0 saturated heterocycles. The number of nitrogens with one attached hydrogen (secondary N) is 1. The lowest BCUT2D eigenvalue weighted by atomic mass is 10.1. The van der Waals surface area contributed by atoms with E-state index in [0.717, 1.165) is 17.1 Å². The molecule has 0 radical (unpaired) electrons. The standard InChI is InChI=1S/C20H20FNO/c1-14-3-5-16(6-4-14)15(2)22-13-19-11-12-20(23-19)17-7-9-18(21)10-8-17/h3-12,15,22H,13H2,1-2H3. The first-order valence-electron chi connectivity index (χ1n) is 7.76. The van der Waals surface area contributed by atoms with Crippen LogP contribution < -0.4 is 5.32 Å². The van der Waals surface area contributed by atoms with E-state index in [2.05, 4.69) is 43.4 Å². The zero-order chi connectivity index (χ0) is 16.2. The van der Waals surface area contributed by atoms with Crippen molar-refractivity contribution in [1.29, 1.82) is 0 Å². The highest BCUT2D eigenvalue weighted by molar-refractivity contribution is 5.57. The molecule has 1 N–H and O–H groups in total. The lowest BCUT2D eigenvalue weighted by Crippen LogP contribution is -2.17. The number of furan rings is 1. The summed E-state index contributed by atoms with van der Waals surface area (Å²) in [7, 11) is 0. The Kier molecular flexibility index (Phi) is 4.58. The highest BCUT2D eigenvalue weighted by atomic mass is 19.1. The van der Waals surface area contributed by atoms with Crippen LogP contribution in [0.1, 0.15) is 29.9 Å². The molecular weight excluding hydrogens is 289 g/mol. The predicted molar refractivity (Wildman–Crippen MR) is 90.5 cm³/mol. The molecule has 0 saturated carbocycles. The maximum Gasteiger partial charge on any atom is 0.134 e. The Morgan fingerprint density at radius 2 is 1.65 bits per heavy atom. The van der Waals surface area contributed by atoms with Gasteiger partial charge in [0.1, 0.15) is 17.3 Å². The summed E-state index contributed by atoms with van der Waals surface area (Å²) in [5.74, 6) is 1.38. The monoisotopic (exact) mass is 309 g/mol. The van der Waals surface area contributed by atoms with Crippen molar-refractivity contribution < 1.29 is 8.81 Å².